The zero-order chi connectivity index (χ0) is 23.0. The van der Waals surface area contributed by atoms with Gasteiger partial charge in [-0.1, -0.05) is 38.1 Å². The first kappa shape index (κ1) is 24.8. The predicted octanol–water partition coefficient (Wildman–Crippen LogP) is 3.24. The molecule has 31 heavy (non-hydrogen) atoms. The second-order valence-electron chi connectivity index (χ2n) is 7.86. The summed E-state index contributed by atoms with van der Waals surface area (Å²) < 4.78 is 38.8. The molecule has 0 saturated carbocycles. The van der Waals surface area contributed by atoms with Gasteiger partial charge in [-0.25, -0.2) is 8.42 Å². The average molecular weight is 449 g/mol. The molecule has 0 aliphatic carbocycles. The van der Waals surface area contributed by atoms with Crippen molar-refractivity contribution in [3.05, 3.63) is 59.7 Å². The van der Waals surface area contributed by atoms with Gasteiger partial charge in [0.25, 0.3) is 0 Å². The van der Waals surface area contributed by atoms with Crippen molar-refractivity contribution in [3.63, 3.8) is 0 Å². The Morgan fingerprint density at radius 1 is 0.968 bits per heavy atom. The zero-order valence-corrected chi connectivity index (χ0v) is 19.5. The van der Waals surface area contributed by atoms with Gasteiger partial charge >= 0.3 is 0 Å². The van der Waals surface area contributed by atoms with Crippen molar-refractivity contribution in [2.45, 2.75) is 57.9 Å². The largest absolute Gasteiger partial charge is 0.497 e. The standard InChI is InChI=1S/C23H32N2O5S/c1-16(2)22(25-31(27,28)21-12-10-20(29-5)11-13-21)23(26)24-14-18-8-6-7-9-19(18)15-30-17(3)4/h6-13,16-17,22,25H,14-15H2,1-5H3,(H,24,26)/t22-/m0/s1. The summed E-state index contributed by atoms with van der Waals surface area (Å²) in [5.41, 5.74) is 1.91. The lowest BCUT2D eigenvalue weighted by Crippen LogP contribution is -2.49. The first-order valence-electron chi connectivity index (χ1n) is 10.3. The molecule has 0 aliphatic heterocycles. The van der Waals surface area contributed by atoms with Crippen LogP contribution in [0.2, 0.25) is 0 Å². The minimum Gasteiger partial charge on any atom is -0.497 e. The van der Waals surface area contributed by atoms with Crippen molar-refractivity contribution in [1.82, 2.24) is 10.0 Å². The molecule has 0 saturated heterocycles. The fraction of sp³-hybridized carbons (Fsp3) is 0.435. The van der Waals surface area contributed by atoms with E-state index in [0.29, 0.717) is 12.4 Å². The zero-order valence-electron chi connectivity index (χ0n) is 18.7. The Labute approximate surface area is 185 Å². The fourth-order valence-electron chi connectivity index (χ4n) is 2.90. The molecular formula is C23H32N2O5S. The van der Waals surface area contributed by atoms with Gasteiger partial charge in [-0.15, -0.1) is 0 Å². The van der Waals surface area contributed by atoms with E-state index in [0.717, 1.165) is 11.1 Å². The molecule has 0 bridgehead atoms. The van der Waals surface area contributed by atoms with Crippen LogP contribution in [0.1, 0.15) is 38.8 Å². The van der Waals surface area contributed by atoms with Crippen LogP contribution in [0.15, 0.2) is 53.4 Å². The monoisotopic (exact) mass is 448 g/mol. The number of nitrogens with one attached hydrogen (secondary N) is 2. The van der Waals surface area contributed by atoms with E-state index in [4.69, 9.17) is 9.47 Å². The minimum atomic E-state index is -3.87. The summed E-state index contributed by atoms with van der Waals surface area (Å²) in [6.07, 6.45) is 0.0975. The van der Waals surface area contributed by atoms with E-state index in [1.807, 2.05) is 38.1 Å². The highest BCUT2D eigenvalue weighted by Gasteiger charge is 2.28. The summed E-state index contributed by atoms with van der Waals surface area (Å²) in [6, 6.07) is 12.8. The Hall–Kier alpha value is -2.42. The molecule has 0 heterocycles. The van der Waals surface area contributed by atoms with Gasteiger partial charge in [0, 0.05) is 6.54 Å². The van der Waals surface area contributed by atoms with Gasteiger partial charge < -0.3 is 14.8 Å². The molecule has 0 radical (unpaired) electrons. The van der Waals surface area contributed by atoms with Crippen molar-refractivity contribution < 1.29 is 22.7 Å². The van der Waals surface area contributed by atoms with E-state index >= 15 is 0 Å². The quantitative estimate of drug-likeness (QED) is 0.550. The van der Waals surface area contributed by atoms with Gasteiger partial charge in [0.05, 0.1) is 24.7 Å². The molecule has 1 atom stereocenters. The van der Waals surface area contributed by atoms with Gasteiger partial charge in [0.15, 0.2) is 0 Å². The highest BCUT2D eigenvalue weighted by molar-refractivity contribution is 7.89. The molecule has 2 N–H and O–H groups in total. The van der Waals surface area contributed by atoms with E-state index in [9.17, 15) is 13.2 Å². The SMILES string of the molecule is COc1ccc(S(=O)(=O)N[C@H](C(=O)NCc2ccccc2COC(C)C)C(C)C)cc1. The number of amides is 1. The first-order chi connectivity index (χ1) is 14.6. The number of sulfonamides is 1. The van der Waals surface area contributed by atoms with Crippen molar-refractivity contribution in [2.24, 2.45) is 5.92 Å². The van der Waals surface area contributed by atoms with E-state index in [-0.39, 0.29) is 29.4 Å². The van der Waals surface area contributed by atoms with Crippen LogP contribution in [-0.2, 0) is 32.7 Å². The summed E-state index contributed by atoms with van der Waals surface area (Å²) in [5, 5.41) is 2.86. The van der Waals surface area contributed by atoms with Gasteiger partial charge in [-0.3, -0.25) is 4.79 Å². The van der Waals surface area contributed by atoms with Crippen LogP contribution in [0.4, 0.5) is 0 Å². The van der Waals surface area contributed by atoms with E-state index < -0.39 is 16.1 Å². The lowest BCUT2D eigenvalue weighted by atomic mass is 10.0. The molecule has 0 unspecified atom stereocenters. The number of hydrogen-bond acceptors (Lipinski definition) is 5. The number of carbonyl (C=O) groups is 1. The highest BCUT2D eigenvalue weighted by atomic mass is 32.2. The van der Waals surface area contributed by atoms with Gasteiger partial charge in [-0.05, 0) is 55.2 Å². The number of ether oxygens (including phenoxy) is 2. The third-order valence-corrected chi connectivity index (χ3v) is 6.20. The van der Waals surface area contributed by atoms with Crippen molar-refractivity contribution in [1.29, 1.82) is 0 Å². The van der Waals surface area contributed by atoms with Crippen LogP contribution in [0, 0.1) is 5.92 Å². The Bertz CT molecular complexity index is 956. The minimum absolute atomic E-state index is 0.0722. The fourth-order valence-corrected chi connectivity index (χ4v) is 4.25. The maximum atomic E-state index is 12.9. The smallest absolute Gasteiger partial charge is 0.241 e. The number of methoxy groups -OCH3 is 1. The Morgan fingerprint density at radius 3 is 2.13 bits per heavy atom. The molecule has 0 aliphatic rings. The van der Waals surface area contributed by atoms with Crippen LogP contribution in [-0.4, -0.2) is 33.6 Å². The molecule has 2 rings (SSSR count). The van der Waals surface area contributed by atoms with Crippen LogP contribution in [0.3, 0.4) is 0 Å². The van der Waals surface area contributed by atoms with Crippen molar-refractivity contribution >= 4 is 15.9 Å². The molecule has 7 nitrogen and oxygen atoms in total. The van der Waals surface area contributed by atoms with Crippen LogP contribution >= 0.6 is 0 Å². The number of rotatable bonds is 11. The van der Waals surface area contributed by atoms with Gasteiger partial charge in [-0.2, -0.15) is 4.72 Å². The number of hydrogen-bond donors (Lipinski definition) is 2. The summed E-state index contributed by atoms with van der Waals surface area (Å²) in [4.78, 5) is 12.9. The van der Waals surface area contributed by atoms with E-state index in [1.54, 1.807) is 26.0 Å². The molecule has 0 aromatic heterocycles. The molecule has 170 valence electrons. The molecule has 2 aromatic rings. The van der Waals surface area contributed by atoms with Gasteiger partial charge in [0.2, 0.25) is 15.9 Å². The predicted molar refractivity (Wildman–Crippen MR) is 120 cm³/mol. The normalized spacial score (nSPS) is 12.7. The summed E-state index contributed by atoms with van der Waals surface area (Å²) in [7, 11) is -2.36. The molecule has 2 aromatic carbocycles. The average Bonchev–Trinajstić information content (AvgIpc) is 2.74. The Balaban J connectivity index is 2.09. The highest BCUT2D eigenvalue weighted by Crippen LogP contribution is 2.17. The molecular weight excluding hydrogens is 416 g/mol. The van der Waals surface area contributed by atoms with Crippen LogP contribution in [0.5, 0.6) is 5.75 Å². The maximum absolute atomic E-state index is 12.9. The van der Waals surface area contributed by atoms with E-state index in [1.165, 1.54) is 19.2 Å². The Kier molecular flexibility index (Phi) is 9.03. The van der Waals surface area contributed by atoms with Crippen molar-refractivity contribution in [2.75, 3.05) is 7.11 Å². The number of carbonyl (C=O) groups excluding carboxylic acids is 1. The van der Waals surface area contributed by atoms with Crippen LogP contribution in [0.25, 0.3) is 0 Å². The van der Waals surface area contributed by atoms with Gasteiger partial charge in [0.1, 0.15) is 11.8 Å². The molecule has 0 spiro atoms. The topological polar surface area (TPSA) is 93.7 Å². The summed E-state index contributed by atoms with van der Waals surface area (Å²) in [5.74, 6) is -0.0728. The lowest BCUT2D eigenvalue weighted by Gasteiger charge is -2.22. The number of benzene rings is 2. The second-order valence-corrected chi connectivity index (χ2v) is 9.58. The lowest BCUT2D eigenvalue weighted by molar-refractivity contribution is -0.123. The summed E-state index contributed by atoms with van der Waals surface area (Å²) in [6.45, 7) is 8.25. The molecule has 8 heteroatoms. The molecule has 0 fully saturated rings. The second kappa shape index (κ2) is 11.3. The Morgan fingerprint density at radius 2 is 1.58 bits per heavy atom. The third kappa shape index (κ3) is 7.34. The summed E-state index contributed by atoms with van der Waals surface area (Å²) >= 11 is 0. The molecule has 1 amide bonds. The first-order valence-corrected chi connectivity index (χ1v) is 11.7. The maximum Gasteiger partial charge on any atom is 0.241 e. The van der Waals surface area contributed by atoms with E-state index in [2.05, 4.69) is 10.0 Å². The third-order valence-electron chi connectivity index (χ3n) is 4.74. The van der Waals surface area contributed by atoms with Crippen molar-refractivity contribution in [3.8, 4) is 5.75 Å². The van der Waals surface area contributed by atoms with Crippen LogP contribution < -0.4 is 14.8 Å².